The van der Waals surface area contributed by atoms with Crippen molar-refractivity contribution in [2.24, 2.45) is 16.2 Å². The van der Waals surface area contributed by atoms with E-state index >= 15 is 0 Å². The molecule has 83 heavy (non-hydrogen) atoms. The van der Waals surface area contributed by atoms with Gasteiger partial charge in [-0.25, -0.2) is 19.6 Å². The normalized spacial score (nSPS) is 22.2. The zero-order valence-electron chi connectivity index (χ0n) is 47.0. The Morgan fingerprint density at radius 1 is 0.867 bits per heavy atom. The molecule has 2 atom stereocenters. The Bertz CT molecular complexity index is 3540. The molecule has 0 spiro atoms. The number of anilines is 3. The van der Waals surface area contributed by atoms with Crippen LogP contribution in [-0.2, 0) is 54.8 Å². The zero-order chi connectivity index (χ0) is 58.3. The van der Waals surface area contributed by atoms with E-state index in [2.05, 4.69) is 40.8 Å². The van der Waals surface area contributed by atoms with E-state index in [1.165, 1.54) is 28.4 Å². The molecule has 6 aromatic rings. The van der Waals surface area contributed by atoms with E-state index in [0.717, 1.165) is 70.5 Å². The van der Waals surface area contributed by atoms with Crippen LogP contribution in [0.25, 0.3) is 21.3 Å². The number of nitrogens with one attached hydrogen (secondary N) is 3. The fourth-order valence-corrected chi connectivity index (χ4v) is 15.4. The second-order valence-electron chi connectivity index (χ2n) is 23.9. The summed E-state index contributed by atoms with van der Waals surface area (Å²) in [5.41, 5.74) is 5.84. The first-order valence-electron chi connectivity index (χ1n) is 28.2. The second kappa shape index (κ2) is 22.8. The van der Waals surface area contributed by atoms with Gasteiger partial charge in [0.25, 0.3) is 17.7 Å². The van der Waals surface area contributed by atoms with E-state index in [-0.39, 0.29) is 72.2 Å². The van der Waals surface area contributed by atoms with Crippen molar-refractivity contribution in [1.82, 2.24) is 34.9 Å². The molecular weight excluding hydrogens is 1080 g/mol. The Morgan fingerprint density at radius 3 is 2.42 bits per heavy atom. The maximum Gasteiger partial charge on any atom is 0.409 e. The topological polar surface area (TPSA) is 248 Å². The van der Waals surface area contributed by atoms with Gasteiger partial charge in [0.15, 0.2) is 10.8 Å². The van der Waals surface area contributed by atoms with E-state index in [9.17, 15) is 38.7 Å². The van der Waals surface area contributed by atoms with Crippen molar-refractivity contribution in [2.45, 2.75) is 110 Å². The number of carbonyl (C=O) groups excluding carboxylic acids is 6. The molecule has 21 heteroatoms. The average molecular weight is 1140 g/mol. The number of likely N-dealkylation sites (N-methyl/N-ethyl adjacent to an activating group) is 1. The number of carboxylic acid groups (broad SMARTS) is 1. The molecule has 5 heterocycles. The van der Waals surface area contributed by atoms with Crippen molar-refractivity contribution < 1.29 is 48.1 Å². The van der Waals surface area contributed by atoms with Crippen molar-refractivity contribution in [1.29, 1.82) is 0 Å². The minimum absolute atomic E-state index is 0.00784. The first-order valence-corrected chi connectivity index (χ1v) is 29.0. The number of rotatable bonds is 21. The third-order valence-electron chi connectivity index (χ3n) is 17.0. The van der Waals surface area contributed by atoms with Crippen LogP contribution in [-0.4, -0.2) is 122 Å². The molecule has 6 amide bonds. The van der Waals surface area contributed by atoms with E-state index in [1.54, 1.807) is 31.4 Å². The Labute approximate surface area is 484 Å². The highest BCUT2D eigenvalue weighted by molar-refractivity contribution is 7.22. The SMILES string of the molecule is Cc1c(-c2ccc(N3CCc4cccc(C(=O)Nc5nc6ccccc6s5)c4C3)nc2C(=O)O)cnn1CC12CC3(C)CC(C)(C1)CC(OCCN(C)C(=O)OCc1cc[c]c(NC(=O)CCNC(=O)CCCN4C(=O)C=CC4=O)c1)(C3)C2. The number of imide groups is 1. The van der Waals surface area contributed by atoms with Gasteiger partial charge in [-0.15, -0.1) is 0 Å². The molecule has 0 saturated heterocycles. The van der Waals surface area contributed by atoms with Gasteiger partial charge in [-0.05, 0) is 128 Å². The van der Waals surface area contributed by atoms with Gasteiger partial charge < -0.3 is 35.0 Å². The lowest BCUT2D eigenvalue weighted by Gasteiger charge is -2.69. The second-order valence-corrected chi connectivity index (χ2v) is 25.0. The highest BCUT2D eigenvalue weighted by Crippen LogP contribution is 2.72. The number of para-hydroxylation sites is 1. The van der Waals surface area contributed by atoms with E-state index < -0.39 is 29.5 Å². The first kappa shape index (κ1) is 56.6. The fourth-order valence-electron chi connectivity index (χ4n) is 14.5. The van der Waals surface area contributed by atoms with Crippen molar-refractivity contribution in [3.63, 3.8) is 0 Å². The predicted molar refractivity (Wildman–Crippen MR) is 310 cm³/mol. The monoisotopic (exact) mass is 1140 g/mol. The lowest BCUT2D eigenvalue weighted by Crippen LogP contribution is -2.64. The van der Waals surface area contributed by atoms with Crippen LogP contribution in [0.4, 0.5) is 21.4 Å². The van der Waals surface area contributed by atoms with Crippen LogP contribution in [0.5, 0.6) is 0 Å². The standard InChI is InChI=1S/C62H67N10O10S/c1-39-45(43-17-18-49(67-54(43)56(78)79)70-25-22-41-11-8-13-44(46(41)30-70)55(77)68-57-66-47-14-5-6-15-48(47)83-57)29-64-72(39)38-61-33-59(2)32-60(3,34-61)36-62(35-59,37-61)82-27-26-69(4)58(80)81-31-40-10-7-12-42(28-40)65-51(74)21-23-63-50(73)16-9-24-71-52(75)19-20-53(71)76/h5-8,10-11,13-15,17-20,28-29H,9,16,21-27,30-38H2,1-4H3,(H,63,73)(H,65,74)(H,78,79)(H,66,68,77). The van der Waals surface area contributed by atoms with E-state index in [1.807, 2.05) is 71.1 Å². The molecule has 6 aliphatic rings. The summed E-state index contributed by atoms with van der Waals surface area (Å²) in [5.74, 6) is -2.31. The number of thiazole rings is 1. The maximum absolute atomic E-state index is 13.8. The molecule has 2 aliphatic heterocycles. The van der Waals surface area contributed by atoms with Crippen LogP contribution in [0.15, 0.2) is 91.1 Å². The number of fused-ring (bicyclic) bond motifs is 2. The summed E-state index contributed by atoms with van der Waals surface area (Å²) in [7, 11) is 1.68. The molecule has 4 N–H and O–H groups in total. The maximum atomic E-state index is 13.8. The van der Waals surface area contributed by atoms with Crippen LogP contribution in [0.3, 0.4) is 0 Å². The highest BCUT2D eigenvalue weighted by Gasteiger charge is 2.66. The molecule has 4 aliphatic carbocycles. The fraction of sp³-hybridized carbons (Fsp3) is 0.419. The molecule has 20 nitrogen and oxygen atoms in total. The largest absolute Gasteiger partial charge is 0.476 e. The summed E-state index contributed by atoms with van der Waals surface area (Å²) < 4.78 is 15.7. The van der Waals surface area contributed by atoms with Crippen molar-refractivity contribution >= 4 is 79.8 Å². The third kappa shape index (κ3) is 12.3. The number of amides is 6. The third-order valence-corrected chi connectivity index (χ3v) is 17.9. The van der Waals surface area contributed by atoms with Gasteiger partial charge in [0.1, 0.15) is 12.4 Å². The van der Waals surface area contributed by atoms with Gasteiger partial charge in [-0.2, -0.15) is 5.10 Å². The van der Waals surface area contributed by atoms with Crippen LogP contribution in [0.1, 0.15) is 115 Å². The predicted octanol–water partition coefficient (Wildman–Crippen LogP) is 8.73. The Balaban J connectivity index is 0.678. The first-order chi connectivity index (χ1) is 39.8. The van der Waals surface area contributed by atoms with Crippen molar-refractivity contribution in [3.8, 4) is 11.1 Å². The minimum Gasteiger partial charge on any atom is -0.476 e. The van der Waals surface area contributed by atoms with Crippen molar-refractivity contribution in [2.75, 3.05) is 55.4 Å². The van der Waals surface area contributed by atoms with Gasteiger partial charge in [0, 0.05) is 105 Å². The molecule has 3 aromatic heterocycles. The average Bonchev–Trinajstić information content (AvgIpc) is 2.75. The molecule has 4 fully saturated rings. The Morgan fingerprint density at radius 2 is 1.65 bits per heavy atom. The molecule has 431 valence electrons. The number of aromatic carboxylic acids is 1. The molecule has 4 saturated carbocycles. The number of benzene rings is 3. The number of aromatic nitrogens is 4. The summed E-state index contributed by atoms with van der Waals surface area (Å²) >= 11 is 1.42. The molecule has 2 unspecified atom stereocenters. The van der Waals surface area contributed by atoms with Crippen LogP contribution >= 0.6 is 11.3 Å². The molecular formula is C62H67N10O10S. The zero-order valence-corrected chi connectivity index (χ0v) is 47.9. The number of pyridine rings is 1. The number of carboxylic acids is 1. The van der Waals surface area contributed by atoms with Crippen LogP contribution < -0.4 is 20.9 Å². The lowest BCUT2D eigenvalue weighted by atomic mass is 9.39. The van der Waals surface area contributed by atoms with Gasteiger partial charge in [-0.1, -0.05) is 61.6 Å². The van der Waals surface area contributed by atoms with E-state index in [4.69, 9.17) is 19.6 Å². The smallest absolute Gasteiger partial charge is 0.409 e. The molecule has 1 radical (unpaired) electrons. The van der Waals surface area contributed by atoms with Crippen LogP contribution in [0.2, 0.25) is 0 Å². The van der Waals surface area contributed by atoms with Crippen LogP contribution in [0, 0.1) is 29.2 Å². The number of carbonyl (C=O) groups is 7. The molecule has 12 rings (SSSR count). The molecule has 4 bridgehead atoms. The number of ether oxygens (including phenoxy) is 2. The number of nitrogens with zero attached hydrogens (tertiary/aromatic N) is 7. The van der Waals surface area contributed by atoms with Gasteiger partial charge >= 0.3 is 12.1 Å². The van der Waals surface area contributed by atoms with E-state index in [0.29, 0.717) is 84.5 Å². The lowest BCUT2D eigenvalue weighted by molar-refractivity contribution is -0.248. The summed E-state index contributed by atoms with van der Waals surface area (Å²) in [6.45, 7) is 9.20. The number of hydrogen-bond acceptors (Lipinski definition) is 14. The van der Waals surface area contributed by atoms with Gasteiger partial charge in [-0.3, -0.25) is 38.9 Å². The summed E-state index contributed by atoms with van der Waals surface area (Å²) in [4.78, 5) is 102. The highest BCUT2D eigenvalue weighted by atomic mass is 32.1. The summed E-state index contributed by atoms with van der Waals surface area (Å²) in [5, 5.41) is 24.6. The van der Waals surface area contributed by atoms with Crippen molar-refractivity contribution in [3.05, 3.63) is 131 Å². The Hall–Kier alpha value is -8.30. The number of hydrogen-bond donors (Lipinski definition) is 4. The van der Waals surface area contributed by atoms with Gasteiger partial charge in [0.2, 0.25) is 11.8 Å². The van der Waals surface area contributed by atoms with Gasteiger partial charge in [0.05, 0.1) is 28.6 Å². The molecule has 3 aromatic carbocycles. The minimum atomic E-state index is -1.14. The summed E-state index contributed by atoms with van der Waals surface area (Å²) in [6, 6.07) is 25.2. The Kier molecular flexibility index (Phi) is 15.5. The summed E-state index contributed by atoms with van der Waals surface area (Å²) in [6.07, 6.45) is 10.5. The quantitative estimate of drug-likeness (QED) is 0.0493.